The lowest BCUT2D eigenvalue weighted by Gasteiger charge is -2.35. The fourth-order valence-electron chi connectivity index (χ4n) is 3.95. The highest BCUT2D eigenvalue weighted by molar-refractivity contribution is 5.93. The van der Waals surface area contributed by atoms with Crippen LogP contribution in [0.5, 0.6) is 0 Å². The van der Waals surface area contributed by atoms with Crippen molar-refractivity contribution in [3.63, 3.8) is 0 Å². The van der Waals surface area contributed by atoms with Crippen molar-refractivity contribution in [3.05, 3.63) is 88.9 Å². The summed E-state index contributed by atoms with van der Waals surface area (Å²) in [5, 5.41) is 7.34. The molecule has 8 heteroatoms. The molecule has 0 radical (unpaired) electrons. The van der Waals surface area contributed by atoms with Gasteiger partial charge in [0.25, 0.3) is 0 Å². The first-order valence-corrected chi connectivity index (χ1v) is 10.9. The Balaban J connectivity index is 1.67. The minimum atomic E-state index is -0.495. The number of fused-ring (bicyclic) bond motifs is 1. The molecule has 1 N–H and O–H groups in total. The van der Waals surface area contributed by atoms with Crippen LogP contribution in [0, 0.1) is 6.92 Å². The van der Waals surface area contributed by atoms with Gasteiger partial charge in [0.1, 0.15) is 18.9 Å². The second-order valence-corrected chi connectivity index (χ2v) is 7.89. The van der Waals surface area contributed by atoms with Gasteiger partial charge < -0.3 is 15.0 Å². The summed E-state index contributed by atoms with van der Waals surface area (Å²) in [6.45, 7) is 6.26. The van der Waals surface area contributed by atoms with Crippen LogP contribution in [0.1, 0.15) is 36.6 Å². The molecule has 2 aromatic carbocycles. The number of ether oxygens (including phenoxy) is 1. The van der Waals surface area contributed by atoms with E-state index in [1.165, 1.54) is 6.33 Å². The Bertz CT molecular complexity index is 1170. The van der Waals surface area contributed by atoms with E-state index >= 15 is 0 Å². The van der Waals surface area contributed by atoms with Crippen LogP contribution in [0.4, 0.5) is 5.95 Å². The van der Waals surface area contributed by atoms with Gasteiger partial charge in [0, 0.05) is 12.2 Å². The Morgan fingerprint density at radius 1 is 1.06 bits per heavy atom. The maximum atomic E-state index is 13.1. The van der Waals surface area contributed by atoms with Crippen molar-refractivity contribution in [2.45, 2.75) is 33.4 Å². The second kappa shape index (κ2) is 9.68. The number of aryl methyl sites for hydroxylation is 1. The molecule has 4 rings (SSSR count). The van der Waals surface area contributed by atoms with E-state index in [1.807, 2.05) is 68.4 Å². The van der Waals surface area contributed by atoms with Crippen LogP contribution in [-0.2, 0) is 20.9 Å². The summed E-state index contributed by atoms with van der Waals surface area (Å²) in [5.41, 5.74) is 4.07. The van der Waals surface area contributed by atoms with E-state index < -0.39 is 12.0 Å². The van der Waals surface area contributed by atoms with E-state index in [4.69, 9.17) is 4.74 Å². The van der Waals surface area contributed by atoms with E-state index in [-0.39, 0.29) is 19.1 Å². The molecule has 8 nitrogen and oxygen atoms in total. The SMILES string of the molecule is CCOC(=O)C1=C(C)N(CC(=O)NCc2ccccc2)c2ncnn2[C@H]1c1ccc(C)cc1. The normalized spacial score (nSPS) is 15.2. The summed E-state index contributed by atoms with van der Waals surface area (Å²) in [5.74, 6) is -0.123. The largest absolute Gasteiger partial charge is 0.463 e. The topological polar surface area (TPSA) is 89.3 Å². The van der Waals surface area contributed by atoms with E-state index in [1.54, 1.807) is 16.5 Å². The number of esters is 1. The van der Waals surface area contributed by atoms with Crippen molar-refractivity contribution >= 4 is 17.8 Å². The number of nitrogens with one attached hydrogen (secondary N) is 1. The lowest BCUT2D eigenvalue weighted by atomic mass is 9.94. The molecular formula is C25H27N5O3. The number of aromatic nitrogens is 3. The van der Waals surface area contributed by atoms with E-state index in [0.717, 1.165) is 16.7 Å². The summed E-state index contributed by atoms with van der Waals surface area (Å²) in [6, 6.07) is 17.1. The molecule has 0 bridgehead atoms. The van der Waals surface area contributed by atoms with Crippen LogP contribution in [0.25, 0.3) is 0 Å². The van der Waals surface area contributed by atoms with Crippen molar-refractivity contribution in [2.24, 2.45) is 0 Å². The highest BCUT2D eigenvalue weighted by Gasteiger charge is 2.38. The molecule has 1 aliphatic rings. The number of carbonyl (C=O) groups excluding carboxylic acids is 2. The molecule has 0 unspecified atom stereocenters. The van der Waals surface area contributed by atoms with E-state index in [0.29, 0.717) is 23.8 Å². The number of benzene rings is 2. The van der Waals surface area contributed by atoms with Crippen molar-refractivity contribution in [1.29, 1.82) is 0 Å². The van der Waals surface area contributed by atoms with Gasteiger partial charge in [-0.05, 0) is 31.9 Å². The Morgan fingerprint density at radius 2 is 1.79 bits per heavy atom. The average molecular weight is 446 g/mol. The molecule has 0 aliphatic carbocycles. The van der Waals surface area contributed by atoms with Crippen molar-refractivity contribution < 1.29 is 14.3 Å². The van der Waals surface area contributed by atoms with Gasteiger partial charge in [0.2, 0.25) is 11.9 Å². The van der Waals surface area contributed by atoms with Crippen molar-refractivity contribution in [1.82, 2.24) is 20.1 Å². The number of nitrogens with zero attached hydrogens (tertiary/aromatic N) is 4. The molecule has 0 fully saturated rings. The maximum absolute atomic E-state index is 13.1. The number of hydrogen-bond donors (Lipinski definition) is 1. The fraction of sp³-hybridized carbons (Fsp3) is 0.280. The monoisotopic (exact) mass is 445 g/mol. The predicted molar refractivity (Wildman–Crippen MR) is 124 cm³/mol. The number of rotatable bonds is 7. The average Bonchev–Trinajstić information content (AvgIpc) is 3.30. The second-order valence-electron chi connectivity index (χ2n) is 7.89. The van der Waals surface area contributed by atoms with Crippen LogP contribution in [0.2, 0.25) is 0 Å². The van der Waals surface area contributed by atoms with Gasteiger partial charge in [-0.25, -0.2) is 9.48 Å². The number of allylic oxidation sites excluding steroid dienone is 1. The smallest absolute Gasteiger partial charge is 0.338 e. The minimum absolute atomic E-state index is 0.000876. The van der Waals surface area contributed by atoms with Crippen LogP contribution in [0.15, 0.2) is 72.2 Å². The van der Waals surface area contributed by atoms with Gasteiger partial charge in [0.15, 0.2) is 0 Å². The highest BCUT2D eigenvalue weighted by atomic mass is 16.5. The summed E-state index contributed by atoms with van der Waals surface area (Å²) >= 11 is 0. The van der Waals surface area contributed by atoms with Gasteiger partial charge in [-0.2, -0.15) is 10.1 Å². The third kappa shape index (κ3) is 4.64. The van der Waals surface area contributed by atoms with Gasteiger partial charge in [-0.15, -0.1) is 0 Å². The zero-order valence-electron chi connectivity index (χ0n) is 19.0. The van der Waals surface area contributed by atoms with Gasteiger partial charge in [0.05, 0.1) is 12.2 Å². The molecule has 1 atom stereocenters. The van der Waals surface area contributed by atoms with Gasteiger partial charge in [-0.1, -0.05) is 60.2 Å². The predicted octanol–water partition coefficient (Wildman–Crippen LogP) is 3.15. The molecule has 1 amide bonds. The standard InChI is InChI=1S/C25H27N5O3/c1-4-33-24(32)22-18(3)29(15-21(31)26-14-19-8-6-5-7-9-19)25-27-16-28-30(25)23(22)20-12-10-17(2)11-13-20/h5-13,16,23H,4,14-15H2,1-3H3,(H,26,31)/t23-/m0/s1. The maximum Gasteiger partial charge on any atom is 0.338 e. The Labute approximate surface area is 192 Å². The van der Waals surface area contributed by atoms with Gasteiger partial charge >= 0.3 is 5.97 Å². The van der Waals surface area contributed by atoms with Crippen LogP contribution >= 0.6 is 0 Å². The Morgan fingerprint density at radius 3 is 2.48 bits per heavy atom. The molecule has 33 heavy (non-hydrogen) atoms. The van der Waals surface area contributed by atoms with E-state index in [2.05, 4.69) is 15.4 Å². The molecular weight excluding hydrogens is 418 g/mol. The minimum Gasteiger partial charge on any atom is -0.463 e. The third-order valence-electron chi connectivity index (χ3n) is 5.63. The number of hydrogen-bond acceptors (Lipinski definition) is 6. The Kier molecular flexibility index (Phi) is 6.53. The highest BCUT2D eigenvalue weighted by Crippen LogP contribution is 2.38. The summed E-state index contributed by atoms with van der Waals surface area (Å²) in [7, 11) is 0. The van der Waals surface area contributed by atoms with Crippen LogP contribution in [-0.4, -0.2) is 39.8 Å². The lowest BCUT2D eigenvalue weighted by Crippen LogP contribution is -2.42. The third-order valence-corrected chi connectivity index (χ3v) is 5.63. The molecule has 0 saturated carbocycles. The first kappa shape index (κ1) is 22.3. The molecule has 2 heterocycles. The van der Waals surface area contributed by atoms with Crippen molar-refractivity contribution in [2.75, 3.05) is 18.1 Å². The molecule has 170 valence electrons. The quantitative estimate of drug-likeness (QED) is 0.562. The summed E-state index contributed by atoms with van der Waals surface area (Å²) in [6.07, 6.45) is 1.44. The zero-order valence-corrected chi connectivity index (χ0v) is 19.0. The summed E-state index contributed by atoms with van der Waals surface area (Å²) < 4.78 is 7.07. The van der Waals surface area contributed by atoms with Crippen molar-refractivity contribution in [3.8, 4) is 0 Å². The number of carbonyl (C=O) groups is 2. The molecule has 1 aromatic heterocycles. The Hall–Kier alpha value is -3.94. The lowest BCUT2D eigenvalue weighted by molar-refractivity contribution is -0.139. The fourth-order valence-corrected chi connectivity index (χ4v) is 3.95. The van der Waals surface area contributed by atoms with Gasteiger partial charge in [-0.3, -0.25) is 4.79 Å². The van der Waals surface area contributed by atoms with Crippen LogP contribution < -0.4 is 10.2 Å². The first-order valence-electron chi connectivity index (χ1n) is 10.9. The van der Waals surface area contributed by atoms with Crippen LogP contribution in [0.3, 0.4) is 0 Å². The molecule has 1 aliphatic heterocycles. The molecule has 0 spiro atoms. The summed E-state index contributed by atoms with van der Waals surface area (Å²) in [4.78, 5) is 32.0. The number of amides is 1. The molecule has 3 aromatic rings. The zero-order chi connectivity index (χ0) is 23.4. The van der Waals surface area contributed by atoms with E-state index in [9.17, 15) is 9.59 Å². The first-order chi connectivity index (χ1) is 16.0. The molecule has 0 saturated heterocycles. The number of anilines is 1.